The molecule has 5 heteroatoms. The van der Waals surface area contributed by atoms with Gasteiger partial charge >= 0.3 is 0 Å². The molecule has 1 aromatic carbocycles. The maximum Gasteiger partial charge on any atom is 0.204 e. The largest absolute Gasteiger partial charge is 0.507 e. The summed E-state index contributed by atoms with van der Waals surface area (Å²) in [6, 6.07) is 4.66. The van der Waals surface area contributed by atoms with Gasteiger partial charge in [0.15, 0.2) is 0 Å². The second-order valence-electron chi connectivity index (χ2n) is 3.48. The first kappa shape index (κ1) is 11.2. The van der Waals surface area contributed by atoms with Gasteiger partial charge in [0.05, 0.1) is 6.61 Å². The van der Waals surface area contributed by atoms with Crippen LogP contribution in [0.3, 0.4) is 0 Å². The van der Waals surface area contributed by atoms with Gasteiger partial charge in [-0.1, -0.05) is 12.1 Å². The van der Waals surface area contributed by atoms with Crippen LogP contribution in [-0.4, -0.2) is 26.7 Å². The number of hydrogen-bond donors (Lipinski definition) is 1. The van der Waals surface area contributed by atoms with E-state index in [-0.39, 0.29) is 17.3 Å². The minimum absolute atomic E-state index is 0.00953. The fraction of sp³-hybridized carbons (Fsp3) is 0.273. The van der Waals surface area contributed by atoms with E-state index in [2.05, 4.69) is 0 Å². The smallest absolute Gasteiger partial charge is 0.204 e. The molecule has 0 spiro atoms. The van der Waals surface area contributed by atoms with Crippen molar-refractivity contribution in [2.75, 3.05) is 13.2 Å². The summed E-state index contributed by atoms with van der Waals surface area (Å²) in [5.41, 5.74) is 1.13. The molecule has 0 bridgehead atoms. The number of benzene rings is 1. The van der Waals surface area contributed by atoms with Gasteiger partial charge in [-0.25, -0.2) is 8.42 Å². The Hall–Kier alpha value is -1.33. The number of fused-ring (bicyclic) bond motifs is 1. The molecule has 1 aliphatic heterocycles. The second-order valence-corrected chi connectivity index (χ2v) is 5.21. The third kappa shape index (κ3) is 1.72. The number of hydrogen-bond acceptors (Lipinski definition) is 4. The van der Waals surface area contributed by atoms with E-state index in [0.717, 1.165) is 5.41 Å². The van der Waals surface area contributed by atoms with E-state index < -0.39 is 9.84 Å². The lowest BCUT2D eigenvalue weighted by atomic mass is 10.1. The summed E-state index contributed by atoms with van der Waals surface area (Å²) in [5, 5.41) is 10.7. The molecule has 0 saturated carbocycles. The Kier molecular flexibility index (Phi) is 2.73. The molecule has 4 nitrogen and oxygen atoms in total. The van der Waals surface area contributed by atoms with Gasteiger partial charge in [0.2, 0.25) is 9.84 Å². The van der Waals surface area contributed by atoms with Gasteiger partial charge in [0.1, 0.15) is 10.6 Å². The molecular formula is C11H12O4S. The van der Waals surface area contributed by atoms with Crippen LogP contribution >= 0.6 is 0 Å². The highest BCUT2D eigenvalue weighted by molar-refractivity contribution is 7.95. The summed E-state index contributed by atoms with van der Waals surface area (Å²) in [7, 11) is -3.51. The number of rotatable bonds is 3. The fourth-order valence-electron chi connectivity index (χ4n) is 1.71. The Morgan fingerprint density at radius 3 is 2.81 bits per heavy atom. The molecule has 0 amide bonds. The molecule has 0 aliphatic carbocycles. The summed E-state index contributed by atoms with van der Waals surface area (Å²) < 4.78 is 28.7. The van der Waals surface area contributed by atoms with Crippen LogP contribution in [-0.2, 0) is 14.6 Å². The molecule has 0 atom stereocenters. The Balaban J connectivity index is 2.52. The first-order valence-electron chi connectivity index (χ1n) is 4.92. The summed E-state index contributed by atoms with van der Waals surface area (Å²) in [4.78, 5) is -0.00953. The van der Waals surface area contributed by atoms with Crippen LogP contribution in [0.5, 0.6) is 5.75 Å². The van der Waals surface area contributed by atoms with Crippen LogP contribution in [0.2, 0.25) is 0 Å². The van der Waals surface area contributed by atoms with Gasteiger partial charge in [0.25, 0.3) is 0 Å². The number of ether oxygens (including phenoxy) is 1. The Bertz CT molecular complexity index is 543. The topological polar surface area (TPSA) is 63.6 Å². The molecule has 0 aromatic heterocycles. The van der Waals surface area contributed by atoms with Gasteiger partial charge in [-0.2, -0.15) is 0 Å². The third-order valence-corrected chi connectivity index (χ3v) is 3.98. The standard InChI is InChI=1S/C11H12O4S/c1-2-15-6-8-7-16(13,14)11-9(8)4-3-5-10(11)12/h3-5,7,12H,2,6H2,1H3. The van der Waals surface area contributed by atoms with Crippen LogP contribution in [0, 0.1) is 0 Å². The predicted octanol–water partition coefficient (Wildman–Crippen LogP) is 1.56. The van der Waals surface area contributed by atoms with Crippen molar-refractivity contribution in [2.24, 2.45) is 0 Å². The molecule has 1 aromatic rings. The molecule has 0 radical (unpaired) electrons. The monoisotopic (exact) mass is 240 g/mol. The Morgan fingerprint density at radius 1 is 1.38 bits per heavy atom. The van der Waals surface area contributed by atoms with Gasteiger partial charge in [0, 0.05) is 17.6 Å². The van der Waals surface area contributed by atoms with E-state index in [1.807, 2.05) is 6.92 Å². The molecule has 16 heavy (non-hydrogen) atoms. The molecule has 1 N–H and O–H groups in total. The zero-order valence-corrected chi connectivity index (χ0v) is 9.62. The lowest BCUT2D eigenvalue weighted by molar-refractivity contribution is 0.182. The zero-order valence-electron chi connectivity index (χ0n) is 8.80. The Morgan fingerprint density at radius 2 is 2.12 bits per heavy atom. The van der Waals surface area contributed by atoms with E-state index in [1.165, 1.54) is 6.07 Å². The summed E-state index contributed by atoms with van der Waals surface area (Å²) in [5.74, 6) is -0.208. The van der Waals surface area contributed by atoms with Crippen LogP contribution in [0.1, 0.15) is 12.5 Å². The predicted molar refractivity (Wildman–Crippen MR) is 59.8 cm³/mol. The second kappa shape index (κ2) is 3.92. The van der Waals surface area contributed by atoms with Crippen molar-refractivity contribution in [3.63, 3.8) is 0 Å². The fourth-order valence-corrected chi connectivity index (χ4v) is 3.26. The molecule has 86 valence electrons. The lowest BCUT2D eigenvalue weighted by Crippen LogP contribution is -1.96. The maximum atomic E-state index is 11.8. The van der Waals surface area contributed by atoms with Gasteiger partial charge in [-0.15, -0.1) is 0 Å². The van der Waals surface area contributed by atoms with Crippen LogP contribution < -0.4 is 0 Å². The highest BCUT2D eigenvalue weighted by atomic mass is 32.2. The normalized spacial score (nSPS) is 16.9. The minimum atomic E-state index is -3.51. The highest BCUT2D eigenvalue weighted by Gasteiger charge is 2.29. The van der Waals surface area contributed by atoms with Gasteiger partial charge < -0.3 is 9.84 Å². The first-order chi connectivity index (χ1) is 7.56. The van der Waals surface area contributed by atoms with Gasteiger partial charge in [-0.3, -0.25) is 0 Å². The van der Waals surface area contributed by atoms with Crippen molar-refractivity contribution >= 4 is 15.4 Å². The average Bonchev–Trinajstić information content (AvgIpc) is 2.49. The van der Waals surface area contributed by atoms with Crippen molar-refractivity contribution in [3.05, 3.63) is 29.2 Å². The lowest BCUT2D eigenvalue weighted by Gasteiger charge is -2.05. The summed E-state index contributed by atoms with van der Waals surface area (Å²) >= 11 is 0. The van der Waals surface area contributed by atoms with E-state index in [4.69, 9.17) is 4.74 Å². The average molecular weight is 240 g/mol. The van der Waals surface area contributed by atoms with Crippen molar-refractivity contribution in [1.29, 1.82) is 0 Å². The maximum absolute atomic E-state index is 11.8. The van der Waals surface area contributed by atoms with E-state index >= 15 is 0 Å². The number of phenolic OH excluding ortho intramolecular Hbond substituents is 1. The Labute approximate surface area is 94.1 Å². The van der Waals surface area contributed by atoms with E-state index in [1.54, 1.807) is 12.1 Å². The molecule has 0 fully saturated rings. The first-order valence-corrected chi connectivity index (χ1v) is 6.46. The number of sulfone groups is 1. The minimum Gasteiger partial charge on any atom is -0.507 e. The third-order valence-electron chi connectivity index (χ3n) is 2.38. The molecule has 0 saturated heterocycles. The van der Waals surface area contributed by atoms with Crippen molar-refractivity contribution in [3.8, 4) is 5.75 Å². The quantitative estimate of drug-likeness (QED) is 0.870. The van der Waals surface area contributed by atoms with Crippen LogP contribution in [0.4, 0.5) is 0 Å². The van der Waals surface area contributed by atoms with Gasteiger partial charge in [-0.05, 0) is 18.6 Å². The SMILES string of the molecule is CCOCC1=CS(=O)(=O)c2c(O)cccc21. The van der Waals surface area contributed by atoms with Crippen LogP contribution in [0.15, 0.2) is 28.5 Å². The number of aromatic hydroxyl groups is 1. The van der Waals surface area contributed by atoms with Crippen molar-refractivity contribution < 1.29 is 18.3 Å². The molecule has 0 unspecified atom stereocenters. The molecule has 2 rings (SSSR count). The number of phenols is 1. The van der Waals surface area contributed by atoms with E-state index in [0.29, 0.717) is 17.7 Å². The molecular weight excluding hydrogens is 228 g/mol. The van der Waals surface area contributed by atoms with Crippen LogP contribution in [0.25, 0.3) is 5.57 Å². The van der Waals surface area contributed by atoms with Crippen molar-refractivity contribution in [2.45, 2.75) is 11.8 Å². The molecule has 1 heterocycles. The van der Waals surface area contributed by atoms with E-state index in [9.17, 15) is 13.5 Å². The zero-order chi connectivity index (χ0) is 11.8. The highest BCUT2D eigenvalue weighted by Crippen LogP contribution is 2.38. The summed E-state index contributed by atoms with van der Waals surface area (Å²) in [6.07, 6.45) is 0. The summed E-state index contributed by atoms with van der Waals surface area (Å²) in [6.45, 7) is 2.60. The molecule has 1 aliphatic rings. The van der Waals surface area contributed by atoms with Crippen molar-refractivity contribution in [1.82, 2.24) is 0 Å².